The van der Waals surface area contributed by atoms with E-state index in [1.807, 2.05) is 39.3 Å². The highest BCUT2D eigenvalue weighted by Gasteiger charge is 2.38. The second kappa shape index (κ2) is 8.99. The molecule has 0 rings (SSSR count). The maximum atomic E-state index is 12.9. The first-order chi connectivity index (χ1) is 9.41. The lowest BCUT2D eigenvalue weighted by Crippen LogP contribution is -2.31. The summed E-state index contributed by atoms with van der Waals surface area (Å²) in [5, 5.41) is 0. The molecule has 1 atom stereocenters. The van der Waals surface area contributed by atoms with Crippen molar-refractivity contribution in [2.45, 2.75) is 78.8 Å². The highest BCUT2D eigenvalue weighted by molar-refractivity contribution is 7.52. The Balaban J connectivity index is 4.78. The quantitative estimate of drug-likeness (QED) is 0.335. The lowest BCUT2D eigenvalue weighted by Gasteiger charge is -2.30. The van der Waals surface area contributed by atoms with Crippen LogP contribution < -0.4 is 0 Å². The molecule has 0 aliphatic heterocycles. The summed E-state index contributed by atoms with van der Waals surface area (Å²) in [5.74, 6) is 0.425. The molecule has 0 saturated carbocycles. The van der Waals surface area contributed by atoms with Crippen molar-refractivity contribution in [1.82, 2.24) is 0 Å². The van der Waals surface area contributed by atoms with Crippen LogP contribution in [0.25, 0.3) is 0 Å². The van der Waals surface area contributed by atoms with Gasteiger partial charge in [-0.15, -0.1) is 0 Å². The summed E-state index contributed by atoms with van der Waals surface area (Å²) in [6.07, 6.45) is 4.48. The molecule has 21 heavy (non-hydrogen) atoms. The molecule has 7 heteroatoms. The maximum Gasteiger partial charge on any atom is 0.455 e. The van der Waals surface area contributed by atoms with Crippen molar-refractivity contribution >= 4 is 24.5 Å². The first kappa shape index (κ1) is 21.5. The number of hydrogen-bond donors (Lipinski definition) is 0. The summed E-state index contributed by atoms with van der Waals surface area (Å²) < 4.78 is 30.2. The molecule has 0 fully saturated rings. The van der Waals surface area contributed by atoms with Crippen molar-refractivity contribution in [2.75, 3.05) is 6.61 Å². The molecule has 0 saturated heterocycles. The normalized spacial score (nSPS) is 15.2. The molecule has 0 aliphatic rings. The smallest absolute Gasteiger partial charge is 0.331 e. The van der Waals surface area contributed by atoms with Gasteiger partial charge >= 0.3 is 7.82 Å². The molecule has 0 N–H and O–H groups in total. The van der Waals surface area contributed by atoms with Crippen LogP contribution in [0.1, 0.15) is 39.5 Å². The lowest BCUT2D eigenvalue weighted by molar-refractivity contribution is 0.168. The minimum absolute atomic E-state index is 0.425. The lowest BCUT2D eigenvalue weighted by atomic mass is 10.0. The van der Waals surface area contributed by atoms with E-state index >= 15 is 0 Å². The molecular weight excluding hydrogens is 319 g/mol. The van der Waals surface area contributed by atoms with Gasteiger partial charge in [-0.05, 0) is 51.6 Å². The third kappa shape index (κ3) is 11.7. The van der Waals surface area contributed by atoms with Crippen LogP contribution in [0.2, 0.25) is 39.3 Å². The van der Waals surface area contributed by atoms with Crippen molar-refractivity contribution < 1.29 is 17.5 Å². The van der Waals surface area contributed by atoms with Gasteiger partial charge in [0.25, 0.3) is 0 Å². The monoisotopic (exact) mass is 354 g/mol. The van der Waals surface area contributed by atoms with Crippen LogP contribution in [-0.4, -0.2) is 23.2 Å². The summed E-state index contributed by atoms with van der Waals surface area (Å²) in [5.41, 5.74) is 0. The van der Waals surface area contributed by atoms with Gasteiger partial charge in [-0.25, -0.2) is 4.57 Å². The van der Waals surface area contributed by atoms with Crippen molar-refractivity contribution in [3.05, 3.63) is 0 Å². The van der Waals surface area contributed by atoms with Gasteiger partial charge in [0.1, 0.15) is 0 Å². The van der Waals surface area contributed by atoms with Crippen molar-refractivity contribution in [2.24, 2.45) is 5.92 Å². The number of phosphoric acid groups is 1. The van der Waals surface area contributed by atoms with E-state index < -0.39 is 24.5 Å². The Bertz CT molecular complexity index is 317. The minimum Gasteiger partial charge on any atom is -0.331 e. The van der Waals surface area contributed by atoms with Gasteiger partial charge in [-0.1, -0.05) is 33.1 Å². The van der Waals surface area contributed by atoms with E-state index in [0.717, 1.165) is 12.8 Å². The van der Waals surface area contributed by atoms with E-state index in [1.54, 1.807) is 0 Å². The van der Waals surface area contributed by atoms with E-state index in [4.69, 9.17) is 12.9 Å². The SMILES string of the molecule is CCCCC(CC)COP(=O)(O[Si](C)(C)C)O[Si](C)(C)C. The number of unbranched alkanes of at least 4 members (excludes halogenated alkanes) is 1. The Morgan fingerprint density at radius 2 is 1.43 bits per heavy atom. The topological polar surface area (TPSA) is 44.8 Å². The Hall–Kier alpha value is 0.544. The molecule has 0 spiro atoms. The van der Waals surface area contributed by atoms with Gasteiger partial charge in [0, 0.05) is 0 Å². The molecule has 0 aliphatic carbocycles. The molecule has 0 aromatic heterocycles. The molecule has 0 bridgehead atoms. The van der Waals surface area contributed by atoms with Crippen LogP contribution in [-0.2, 0) is 17.5 Å². The molecule has 0 aromatic carbocycles. The molecular formula is C14H35O4PSi2. The molecule has 0 amide bonds. The zero-order valence-electron chi connectivity index (χ0n) is 15.2. The van der Waals surface area contributed by atoms with Gasteiger partial charge < -0.3 is 8.43 Å². The fraction of sp³-hybridized carbons (Fsp3) is 1.00. The van der Waals surface area contributed by atoms with Crippen LogP contribution in [0, 0.1) is 5.92 Å². The van der Waals surface area contributed by atoms with Crippen LogP contribution in [0.3, 0.4) is 0 Å². The summed E-state index contributed by atoms with van der Waals surface area (Å²) in [4.78, 5) is 0. The predicted octanol–water partition coefficient (Wildman–Crippen LogP) is 6.03. The molecule has 4 nitrogen and oxygen atoms in total. The van der Waals surface area contributed by atoms with Crippen LogP contribution in [0.4, 0.5) is 0 Å². The Labute approximate surface area is 133 Å². The number of hydrogen-bond acceptors (Lipinski definition) is 4. The summed E-state index contributed by atoms with van der Waals surface area (Å²) >= 11 is 0. The largest absolute Gasteiger partial charge is 0.455 e. The Kier molecular flexibility index (Phi) is 9.22. The van der Waals surface area contributed by atoms with E-state index in [1.165, 1.54) is 12.8 Å². The Morgan fingerprint density at radius 3 is 1.76 bits per heavy atom. The van der Waals surface area contributed by atoms with Crippen LogP contribution in [0.5, 0.6) is 0 Å². The van der Waals surface area contributed by atoms with E-state index in [0.29, 0.717) is 12.5 Å². The highest BCUT2D eigenvalue weighted by Crippen LogP contribution is 2.54. The average molecular weight is 355 g/mol. The molecule has 0 aromatic rings. The summed E-state index contributed by atoms with van der Waals surface area (Å²) in [6.45, 7) is 16.8. The standard InChI is InChI=1S/C14H35O4PSi2/c1-9-11-12-14(10-2)13-16-19(15,17-20(3,4)5)18-21(6,7)8/h14H,9-13H2,1-8H3. The fourth-order valence-corrected chi connectivity index (χ4v) is 8.50. The van der Waals surface area contributed by atoms with Crippen molar-refractivity contribution in [3.8, 4) is 0 Å². The Morgan fingerprint density at radius 1 is 0.952 bits per heavy atom. The van der Waals surface area contributed by atoms with Crippen molar-refractivity contribution in [1.29, 1.82) is 0 Å². The molecule has 0 radical (unpaired) electrons. The first-order valence-corrected chi connectivity index (χ1v) is 16.3. The first-order valence-electron chi connectivity index (χ1n) is 8.07. The highest BCUT2D eigenvalue weighted by atomic mass is 31.2. The van der Waals surface area contributed by atoms with Gasteiger partial charge in [0.2, 0.25) is 0 Å². The molecule has 128 valence electrons. The van der Waals surface area contributed by atoms with Crippen LogP contribution >= 0.6 is 7.82 Å². The summed E-state index contributed by atoms with van der Waals surface area (Å²) in [6, 6.07) is 0. The average Bonchev–Trinajstić information content (AvgIpc) is 2.24. The fourth-order valence-electron chi connectivity index (χ4n) is 1.84. The maximum absolute atomic E-state index is 12.9. The van der Waals surface area contributed by atoms with E-state index in [2.05, 4.69) is 13.8 Å². The van der Waals surface area contributed by atoms with Gasteiger partial charge in [0.15, 0.2) is 16.6 Å². The van der Waals surface area contributed by atoms with Gasteiger partial charge in [0.05, 0.1) is 6.61 Å². The van der Waals surface area contributed by atoms with Gasteiger partial charge in [-0.3, -0.25) is 4.52 Å². The van der Waals surface area contributed by atoms with E-state index in [9.17, 15) is 4.57 Å². The third-order valence-electron chi connectivity index (χ3n) is 2.78. The molecule has 1 unspecified atom stereocenters. The second-order valence-corrected chi connectivity index (χ2v) is 18.6. The summed E-state index contributed by atoms with van der Waals surface area (Å²) in [7, 11) is -7.42. The zero-order valence-corrected chi connectivity index (χ0v) is 18.1. The van der Waals surface area contributed by atoms with Crippen molar-refractivity contribution in [3.63, 3.8) is 0 Å². The van der Waals surface area contributed by atoms with Gasteiger partial charge in [-0.2, -0.15) is 0 Å². The van der Waals surface area contributed by atoms with Crippen LogP contribution in [0.15, 0.2) is 0 Å². The number of rotatable bonds is 11. The molecule has 0 heterocycles. The third-order valence-corrected chi connectivity index (χ3v) is 9.42. The predicted molar refractivity (Wildman–Crippen MR) is 95.7 cm³/mol. The van der Waals surface area contributed by atoms with E-state index in [-0.39, 0.29) is 0 Å². The zero-order chi connectivity index (χ0) is 16.7. The minimum atomic E-state index is -3.44. The second-order valence-electron chi connectivity index (χ2n) is 7.57.